The summed E-state index contributed by atoms with van der Waals surface area (Å²) in [6.45, 7) is 4.05. The van der Waals surface area contributed by atoms with Crippen LogP contribution < -0.4 is 5.32 Å². The fourth-order valence-electron chi connectivity index (χ4n) is 2.81. The first-order chi connectivity index (χ1) is 12.9. The molecule has 0 bridgehead atoms. The molecule has 2 heterocycles. The highest BCUT2D eigenvalue weighted by Crippen LogP contribution is 2.19. The quantitative estimate of drug-likeness (QED) is 0.754. The molecule has 0 aliphatic carbocycles. The van der Waals surface area contributed by atoms with Crippen LogP contribution in [0.25, 0.3) is 11.4 Å². The maximum Gasteiger partial charge on any atom is 0.321 e. The Kier molecular flexibility index (Phi) is 5.49. The van der Waals surface area contributed by atoms with Crippen LogP contribution in [0.3, 0.4) is 0 Å². The Labute approximate surface area is 159 Å². The van der Waals surface area contributed by atoms with Gasteiger partial charge in [0.1, 0.15) is 6.33 Å². The van der Waals surface area contributed by atoms with E-state index in [9.17, 15) is 4.79 Å². The third-order valence-corrected chi connectivity index (χ3v) is 4.56. The number of nitrogens with zero attached hydrogens (tertiary/aromatic N) is 5. The van der Waals surface area contributed by atoms with E-state index in [1.807, 2.05) is 61.9 Å². The first kappa shape index (κ1) is 18.6. The van der Waals surface area contributed by atoms with Crippen LogP contribution in [-0.4, -0.2) is 43.8 Å². The molecule has 0 saturated heterocycles. The molecule has 0 aliphatic heterocycles. The molecule has 27 heavy (non-hydrogen) atoms. The highest BCUT2D eigenvalue weighted by molar-refractivity contribution is 5.89. The third-order valence-electron chi connectivity index (χ3n) is 4.56. The number of hydrogen-bond donors (Lipinski definition) is 1. The van der Waals surface area contributed by atoms with E-state index in [0.29, 0.717) is 6.42 Å². The van der Waals surface area contributed by atoms with Crippen LogP contribution in [0.4, 0.5) is 10.5 Å². The van der Waals surface area contributed by atoms with E-state index < -0.39 is 0 Å². The van der Waals surface area contributed by atoms with Crippen molar-refractivity contribution in [3.05, 3.63) is 60.2 Å². The Hall–Kier alpha value is -3.22. The second-order valence-electron chi connectivity index (χ2n) is 6.76. The smallest absolute Gasteiger partial charge is 0.321 e. The van der Waals surface area contributed by atoms with Gasteiger partial charge in [-0.25, -0.2) is 4.79 Å². The predicted octanol–water partition coefficient (Wildman–Crippen LogP) is 3.28. The number of likely N-dealkylation sites (N-methyl/N-ethyl adjacent to an activating group) is 1. The lowest BCUT2D eigenvalue weighted by molar-refractivity contribution is 0.207. The van der Waals surface area contributed by atoms with Crippen molar-refractivity contribution < 1.29 is 4.79 Å². The molecule has 2 aromatic heterocycles. The summed E-state index contributed by atoms with van der Waals surface area (Å²) in [5, 5.41) is 10.9. The van der Waals surface area contributed by atoms with Crippen molar-refractivity contribution in [2.24, 2.45) is 7.05 Å². The Balaban J connectivity index is 1.61. The van der Waals surface area contributed by atoms with Gasteiger partial charge in [0.05, 0.1) is 0 Å². The highest BCUT2D eigenvalue weighted by Gasteiger charge is 2.17. The number of aromatic nitrogens is 4. The van der Waals surface area contributed by atoms with Crippen LogP contribution in [0.2, 0.25) is 0 Å². The molecule has 0 radical (unpaired) electrons. The van der Waals surface area contributed by atoms with E-state index >= 15 is 0 Å². The van der Waals surface area contributed by atoms with E-state index in [4.69, 9.17) is 0 Å². The molecule has 3 aromatic rings. The molecule has 1 N–H and O–H groups in total. The summed E-state index contributed by atoms with van der Waals surface area (Å²) in [6, 6.07) is 11.5. The molecule has 3 rings (SSSR count). The summed E-state index contributed by atoms with van der Waals surface area (Å²) in [5.41, 5.74) is 3.83. The van der Waals surface area contributed by atoms with Crippen molar-refractivity contribution in [1.29, 1.82) is 0 Å². The number of pyridine rings is 1. The molecule has 1 atom stereocenters. The highest BCUT2D eigenvalue weighted by atomic mass is 16.2. The van der Waals surface area contributed by atoms with Crippen LogP contribution in [0.1, 0.15) is 18.2 Å². The van der Waals surface area contributed by atoms with Gasteiger partial charge in [-0.3, -0.25) is 4.98 Å². The molecule has 0 saturated carbocycles. The summed E-state index contributed by atoms with van der Waals surface area (Å²) >= 11 is 0. The molecule has 140 valence electrons. The van der Waals surface area contributed by atoms with Crippen molar-refractivity contribution in [3.8, 4) is 11.4 Å². The topological polar surface area (TPSA) is 75.9 Å². The second-order valence-corrected chi connectivity index (χ2v) is 6.76. The summed E-state index contributed by atoms with van der Waals surface area (Å²) in [7, 11) is 3.69. The average molecular weight is 364 g/mol. The summed E-state index contributed by atoms with van der Waals surface area (Å²) in [5.74, 6) is 0.782. The zero-order valence-corrected chi connectivity index (χ0v) is 16.0. The molecule has 7 heteroatoms. The summed E-state index contributed by atoms with van der Waals surface area (Å²) in [4.78, 5) is 18.6. The van der Waals surface area contributed by atoms with E-state index in [-0.39, 0.29) is 12.1 Å². The molecule has 1 aromatic carbocycles. The van der Waals surface area contributed by atoms with Crippen LogP contribution in [-0.2, 0) is 13.5 Å². The van der Waals surface area contributed by atoms with Gasteiger partial charge in [0, 0.05) is 49.7 Å². The Morgan fingerprint density at radius 1 is 1.26 bits per heavy atom. The standard InChI is InChI=1S/C20H24N6O/c1-14-9-10-21-18(11-14)12-15(2)26(4)20(27)23-17-7-5-16(6-8-17)19-24-22-13-25(19)3/h5-11,13,15H,12H2,1-4H3,(H,23,27). The molecule has 1 unspecified atom stereocenters. The maximum absolute atomic E-state index is 12.5. The Morgan fingerprint density at radius 2 is 2.00 bits per heavy atom. The van der Waals surface area contributed by atoms with Gasteiger partial charge in [-0.2, -0.15) is 0 Å². The average Bonchev–Trinajstić information content (AvgIpc) is 3.07. The molecule has 0 spiro atoms. The number of hydrogen-bond acceptors (Lipinski definition) is 4. The van der Waals surface area contributed by atoms with Gasteiger partial charge in [-0.15, -0.1) is 10.2 Å². The van der Waals surface area contributed by atoms with Crippen molar-refractivity contribution >= 4 is 11.7 Å². The molecule has 0 aliphatic rings. The fourth-order valence-corrected chi connectivity index (χ4v) is 2.81. The van der Waals surface area contributed by atoms with Crippen molar-refractivity contribution in [1.82, 2.24) is 24.6 Å². The molecule has 0 fully saturated rings. The van der Waals surface area contributed by atoms with E-state index in [0.717, 1.165) is 22.8 Å². The lowest BCUT2D eigenvalue weighted by atomic mass is 10.1. The number of urea groups is 1. The van der Waals surface area contributed by atoms with Gasteiger partial charge in [0.15, 0.2) is 5.82 Å². The predicted molar refractivity (Wildman–Crippen MR) is 105 cm³/mol. The molecular weight excluding hydrogens is 340 g/mol. The van der Waals surface area contributed by atoms with E-state index in [1.54, 1.807) is 24.5 Å². The summed E-state index contributed by atoms with van der Waals surface area (Å²) < 4.78 is 1.85. The minimum atomic E-state index is -0.151. The third kappa shape index (κ3) is 4.49. The summed E-state index contributed by atoms with van der Waals surface area (Å²) in [6.07, 6.45) is 4.16. The van der Waals surface area contributed by atoms with Crippen LogP contribution >= 0.6 is 0 Å². The van der Waals surface area contributed by atoms with Gasteiger partial charge >= 0.3 is 6.03 Å². The van der Waals surface area contributed by atoms with Crippen molar-refractivity contribution in [3.63, 3.8) is 0 Å². The maximum atomic E-state index is 12.5. The van der Waals surface area contributed by atoms with E-state index in [2.05, 4.69) is 20.5 Å². The number of carbonyl (C=O) groups is 1. The zero-order valence-electron chi connectivity index (χ0n) is 16.0. The Bertz CT molecular complexity index is 918. The monoisotopic (exact) mass is 364 g/mol. The van der Waals surface area contributed by atoms with Gasteiger partial charge < -0.3 is 14.8 Å². The minimum Gasteiger partial charge on any atom is -0.324 e. The molecular formula is C20H24N6O. The lowest BCUT2D eigenvalue weighted by Gasteiger charge is -2.25. The first-order valence-corrected chi connectivity index (χ1v) is 8.84. The normalized spacial score (nSPS) is 11.9. The Morgan fingerprint density at radius 3 is 2.63 bits per heavy atom. The first-order valence-electron chi connectivity index (χ1n) is 8.84. The number of amides is 2. The van der Waals surface area contributed by atoms with Crippen LogP contribution in [0.5, 0.6) is 0 Å². The number of carbonyl (C=O) groups excluding carboxylic acids is 1. The number of nitrogens with one attached hydrogen (secondary N) is 1. The SMILES string of the molecule is Cc1ccnc(CC(C)N(C)C(=O)Nc2ccc(-c3nncn3C)cc2)c1. The number of aryl methyl sites for hydroxylation is 2. The lowest BCUT2D eigenvalue weighted by Crippen LogP contribution is -2.39. The van der Waals surface area contributed by atoms with Gasteiger partial charge in [0.25, 0.3) is 0 Å². The van der Waals surface area contributed by atoms with Gasteiger partial charge in [-0.1, -0.05) is 0 Å². The second kappa shape index (κ2) is 7.99. The fraction of sp³-hybridized carbons (Fsp3) is 0.300. The van der Waals surface area contributed by atoms with Gasteiger partial charge in [-0.05, 0) is 55.8 Å². The van der Waals surface area contributed by atoms with Crippen LogP contribution in [0, 0.1) is 6.92 Å². The number of rotatable bonds is 5. The minimum absolute atomic E-state index is 0.0252. The van der Waals surface area contributed by atoms with Gasteiger partial charge in [0.2, 0.25) is 0 Å². The largest absolute Gasteiger partial charge is 0.324 e. The number of benzene rings is 1. The van der Waals surface area contributed by atoms with Crippen molar-refractivity contribution in [2.45, 2.75) is 26.3 Å². The molecule has 7 nitrogen and oxygen atoms in total. The molecule has 2 amide bonds. The zero-order chi connectivity index (χ0) is 19.4. The number of anilines is 1. The van der Waals surface area contributed by atoms with Crippen molar-refractivity contribution in [2.75, 3.05) is 12.4 Å². The van der Waals surface area contributed by atoms with E-state index in [1.165, 1.54) is 5.56 Å². The van der Waals surface area contributed by atoms with Crippen LogP contribution in [0.15, 0.2) is 48.9 Å².